The number of thiazole rings is 1. The Labute approximate surface area is 115 Å². The zero-order valence-corrected chi connectivity index (χ0v) is 11.6. The van der Waals surface area contributed by atoms with Crippen molar-refractivity contribution in [1.29, 1.82) is 0 Å². The number of carboxylic acid groups (broad SMARTS) is 1. The van der Waals surface area contributed by atoms with Gasteiger partial charge in [0.25, 0.3) is 0 Å². The van der Waals surface area contributed by atoms with Crippen LogP contribution < -0.4 is 0 Å². The summed E-state index contributed by atoms with van der Waals surface area (Å²) < 4.78 is 0.896. The van der Waals surface area contributed by atoms with E-state index in [4.69, 9.17) is 16.7 Å². The first kappa shape index (κ1) is 12.5. The fraction of sp³-hybridized carbons (Fsp3) is 0.0909. The van der Waals surface area contributed by atoms with Gasteiger partial charge in [0.2, 0.25) is 0 Å². The molecule has 6 heteroatoms. The van der Waals surface area contributed by atoms with E-state index in [1.807, 2.05) is 17.5 Å². The molecule has 0 fully saturated rings. The van der Waals surface area contributed by atoms with Gasteiger partial charge in [-0.05, 0) is 12.1 Å². The number of aliphatic carboxylic acids is 1. The van der Waals surface area contributed by atoms with Crippen LogP contribution in [0.25, 0.3) is 11.3 Å². The average Bonchev–Trinajstić information content (AvgIpc) is 2.65. The lowest BCUT2D eigenvalue weighted by Crippen LogP contribution is -1.99. The van der Waals surface area contributed by atoms with E-state index >= 15 is 0 Å². The smallest absolute Gasteiger partial charge is 0.310 e. The molecule has 0 amide bonds. The largest absolute Gasteiger partial charge is 0.481 e. The van der Waals surface area contributed by atoms with Crippen molar-refractivity contribution in [3.8, 4) is 11.3 Å². The predicted molar refractivity (Wildman–Crippen MR) is 71.6 cm³/mol. The van der Waals surface area contributed by atoms with Gasteiger partial charge in [-0.1, -0.05) is 33.6 Å². The van der Waals surface area contributed by atoms with Crippen LogP contribution in [0.3, 0.4) is 0 Å². The van der Waals surface area contributed by atoms with Crippen LogP contribution >= 0.6 is 38.9 Å². The lowest BCUT2D eigenvalue weighted by molar-refractivity contribution is -0.136. The molecule has 2 aromatic rings. The molecular weight excluding hydrogens is 326 g/mol. The molecule has 1 heterocycles. The summed E-state index contributed by atoms with van der Waals surface area (Å²) in [6.45, 7) is 0. The molecule has 17 heavy (non-hydrogen) atoms. The third-order valence-corrected chi connectivity index (χ3v) is 3.72. The summed E-state index contributed by atoms with van der Waals surface area (Å²) in [7, 11) is 0. The van der Waals surface area contributed by atoms with Crippen LogP contribution in [0, 0.1) is 0 Å². The van der Waals surface area contributed by atoms with Crippen molar-refractivity contribution in [2.75, 3.05) is 0 Å². The number of nitrogens with zero attached hydrogens (tertiary/aromatic N) is 1. The van der Waals surface area contributed by atoms with E-state index in [0.717, 1.165) is 10.0 Å². The van der Waals surface area contributed by atoms with Crippen LogP contribution in [0.1, 0.15) is 5.01 Å². The highest BCUT2D eigenvalue weighted by Gasteiger charge is 2.10. The predicted octanol–water partition coefficient (Wildman–Crippen LogP) is 3.85. The number of aromatic nitrogens is 1. The molecule has 88 valence electrons. The molecule has 1 aromatic heterocycles. The summed E-state index contributed by atoms with van der Waals surface area (Å²) in [5, 5.41) is 11.6. The maximum atomic E-state index is 10.6. The van der Waals surface area contributed by atoms with Crippen LogP contribution in [-0.4, -0.2) is 16.1 Å². The summed E-state index contributed by atoms with van der Waals surface area (Å²) in [4.78, 5) is 14.8. The van der Waals surface area contributed by atoms with Crippen molar-refractivity contribution >= 4 is 44.8 Å². The highest BCUT2D eigenvalue weighted by atomic mass is 79.9. The molecule has 0 aliphatic rings. The number of halogens is 2. The third-order valence-electron chi connectivity index (χ3n) is 2.06. The second-order valence-electron chi connectivity index (χ2n) is 3.32. The van der Waals surface area contributed by atoms with Gasteiger partial charge in [-0.3, -0.25) is 4.79 Å². The van der Waals surface area contributed by atoms with Gasteiger partial charge in [0.15, 0.2) is 0 Å². The number of hydrogen-bond acceptors (Lipinski definition) is 3. The molecule has 0 atom stereocenters. The van der Waals surface area contributed by atoms with Gasteiger partial charge in [-0.2, -0.15) is 0 Å². The van der Waals surface area contributed by atoms with E-state index in [1.165, 1.54) is 11.3 Å². The van der Waals surface area contributed by atoms with Crippen molar-refractivity contribution in [2.24, 2.45) is 0 Å². The maximum Gasteiger partial charge on any atom is 0.310 e. The van der Waals surface area contributed by atoms with Crippen molar-refractivity contribution < 1.29 is 9.90 Å². The normalized spacial score (nSPS) is 10.5. The van der Waals surface area contributed by atoms with E-state index in [2.05, 4.69) is 20.9 Å². The summed E-state index contributed by atoms with van der Waals surface area (Å²) >= 11 is 10.7. The van der Waals surface area contributed by atoms with E-state index in [-0.39, 0.29) is 6.42 Å². The quantitative estimate of drug-likeness (QED) is 0.928. The lowest BCUT2D eigenvalue weighted by Gasteiger charge is -2.00. The first-order valence-electron chi connectivity index (χ1n) is 4.68. The van der Waals surface area contributed by atoms with Gasteiger partial charge in [0.05, 0.1) is 17.1 Å². The molecule has 1 N–H and O–H groups in total. The molecule has 2 rings (SSSR count). The second-order valence-corrected chi connectivity index (χ2v) is 5.59. The van der Waals surface area contributed by atoms with Gasteiger partial charge in [0.1, 0.15) is 5.01 Å². The minimum absolute atomic E-state index is 0.0567. The molecule has 3 nitrogen and oxygen atoms in total. The monoisotopic (exact) mass is 331 g/mol. The van der Waals surface area contributed by atoms with Gasteiger partial charge in [-0.15, -0.1) is 11.3 Å². The van der Waals surface area contributed by atoms with Crippen LogP contribution in [0.5, 0.6) is 0 Å². The Bertz CT molecular complexity index is 570. The average molecular weight is 333 g/mol. The van der Waals surface area contributed by atoms with Crippen molar-refractivity contribution in [2.45, 2.75) is 6.42 Å². The van der Waals surface area contributed by atoms with Gasteiger partial charge >= 0.3 is 5.97 Å². The fourth-order valence-electron chi connectivity index (χ4n) is 1.34. The van der Waals surface area contributed by atoms with Crippen LogP contribution in [0.2, 0.25) is 5.02 Å². The highest BCUT2D eigenvalue weighted by Crippen LogP contribution is 2.31. The Morgan fingerprint density at radius 1 is 1.53 bits per heavy atom. The van der Waals surface area contributed by atoms with E-state index in [0.29, 0.717) is 15.7 Å². The molecule has 1 aromatic carbocycles. The van der Waals surface area contributed by atoms with E-state index in [1.54, 1.807) is 6.07 Å². The van der Waals surface area contributed by atoms with E-state index < -0.39 is 5.97 Å². The Kier molecular flexibility index (Phi) is 3.81. The number of hydrogen-bond donors (Lipinski definition) is 1. The minimum Gasteiger partial charge on any atom is -0.481 e. The molecule has 0 bridgehead atoms. The number of carbonyl (C=O) groups is 1. The van der Waals surface area contributed by atoms with Crippen molar-refractivity contribution in [1.82, 2.24) is 4.98 Å². The summed E-state index contributed by atoms with van der Waals surface area (Å²) in [5.74, 6) is -0.882. The SMILES string of the molecule is O=C(O)Cc1nc(-c2ccc(Br)cc2Cl)cs1. The second kappa shape index (κ2) is 5.16. The standard InChI is InChI=1S/C11H7BrClNO2S/c12-6-1-2-7(8(13)3-6)9-5-17-10(14-9)4-11(15)16/h1-3,5H,4H2,(H,15,16). The van der Waals surface area contributed by atoms with Crippen molar-refractivity contribution in [3.05, 3.63) is 38.1 Å². The summed E-state index contributed by atoms with van der Waals surface area (Å²) in [6.07, 6.45) is -0.0567. The lowest BCUT2D eigenvalue weighted by atomic mass is 10.2. The Morgan fingerprint density at radius 3 is 2.94 bits per heavy atom. The van der Waals surface area contributed by atoms with Gasteiger partial charge < -0.3 is 5.11 Å². The molecule has 0 aliphatic heterocycles. The number of benzene rings is 1. The van der Waals surface area contributed by atoms with Gasteiger partial charge in [0, 0.05) is 15.4 Å². The highest BCUT2D eigenvalue weighted by molar-refractivity contribution is 9.10. The van der Waals surface area contributed by atoms with E-state index in [9.17, 15) is 4.79 Å². The topological polar surface area (TPSA) is 50.2 Å². The minimum atomic E-state index is -0.882. The molecule has 0 saturated heterocycles. The Balaban J connectivity index is 2.33. The summed E-state index contributed by atoms with van der Waals surface area (Å²) in [5.41, 5.74) is 1.52. The van der Waals surface area contributed by atoms with Gasteiger partial charge in [-0.25, -0.2) is 4.98 Å². The van der Waals surface area contributed by atoms with Crippen LogP contribution in [0.15, 0.2) is 28.1 Å². The Morgan fingerprint density at radius 2 is 2.29 bits per heavy atom. The number of carboxylic acids is 1. The Hall–Kier alpha value is -0.910. The molecule has 0 radical (unpaired) electrons. The zero-order chi connectivity index (χ0) is 12.4. The molecular formula is C11H7BrClNO2S. The molecule has 0 unspecified atom stereocenters. The summed E-state index contributed by atoms with van der Waals surface area (Å²) in [6, 6.07) is 5.51. The maximum absolute atomic E-state index is 10.6. The van der Waals surface area contributed by atoms with Crippen molar-refractivity contribution in [3.63, 3.8) is 0 Å². The molecule has 0 saturated carbocycles. The third kappa shape index (κ3) is 3.06. The molecule has 0 spiro atoms. The van der Waals surface area contributed by atoms with Crippen LogP contribution in [-0.2, 0) is 11.2 Å². The first-order chi connectivity index (χ1) is 8.06. The molecule has 0 aliphatic carbocycles. The fourth-order valence-corrected chi connectivity index (χ4v) is 2.90. The number of rotatable bonds is 3. The van der Waals surface area contributed by atoms with Crippen LogP contribution in [0.4, 0.5) is 0 Å². The zero-order valence-electron chi connectivity index (χ0n) is 8.48. The first-order valence-corrected chi connectivity index (χ1v) is 6.73.